The molecule has 7 rings (SSSR count). The molecule has 0 fully saturated rings. The van der Waals surface area contributed by atoms with Gasteiger partial charge in [-0.15, -0.1) is 0 Å². The normalized spacial score (nSPS) is 14.2. The van der Waals surface area contributed by atoms with Gasteiger partial charge in [0.25, 0.3) is 0 Å². The van der Waals surface area contributed by atoms with Crippen LogP contribution in [0.25, 0.3) is 55.0 Å². The van der Waals surface area contributed by atoms with Crippen molar-refractivity contribution in [1.82, 2.24) is 0 Å². The van der Waals surface area contributed by atoms with Crippen molar-refractivity contribution in [2.75, 3.05) is 0 Å². The molecule has 4 heteroatoms. The third-order valence-corrected chi connectivity index (χ3v) is 7.89. The molecule has 188 valence electrons. The molecular weight excluding hydrogens is 472 g/mol. The molecule has 0 bridgehead atoms. The summed E-state index contributed by atoms with van der Waals surface area (Å²) < 4.78 is 13.1. The highest BCUT2D eigenvalue weighted by Gasteiger charge is 2.36. The van der Waals surface area contributed by atoms with Gasteiger partial charge in [0, 0.05) is 54.9 Å². The number of hydrogen-bond donors (Lipinski definition) is 0. The monoisotopic (exact) mass is 500 g/mol. The number of carbonyl (C=O) groups is 2. The molecule has 0 spiro atoms. The summed E-state index contributed by atoms with van der Waals surface area (Å²) in [5.41, 5.74) is 7.02. The minimum atomic E-state index is -0.506. The van der Waals surface area contributed by atoms with E-state index >= 15 is 0 Å². The topological polar surface area (TPSA) is 60.4 Å². The van der Waals surface area contributed by atoms with Gasteiger partial charge in [0.1, 0.15) is 22.3 Å². The highest BCUT2D eigenvalue weighted by Crippen LogP contribution is 2.49. The van der Waals surface area contributed by atoms with Crippen LogP contribution >= 0.6 is 0 Å². The van der Waals surface area contributed by atoms with Gasteiger partial charge in [-0.3, -0.25) is 9.59 Å². The molecule has 2 heterocycles. The lowest BCUT2D eigenvalue weighted by Gasteiger charge is -2.20. The van der Waals surface area contributed by atoms with Gasteiger partial charge in [-0.1, -0.05) is 77.9 Å². The number of hydrogen-bond acceptors (Lipinski definition) is 4. The van der Waals surface area contributed by atoms with Crippen molar-refractivity contribution in [3.05, 3.63) is 82.9 Å². The Kier molecular flexibility index (Phi) is 4.37. The van der Waals surface area contributed by atoms with Crippen molar-refractivity contribution in [3.63, 3.8) is 0 Å². The van der Waals surface area contributed by atoms with Crippen LogP contribution in [0.2, 0.25) is 0 Å². The maximum atomic E-state index is 13.4. The average molecular weight is 501 g/mol. The highest BCUT2D eigenvalue weighted by atomic mass is 16.3. The average Bonchev–Trinajstić information content (AvgIpc) is 3.43. The molecule has 38 heavy (non-hydrogen) atoms. The Morgan fingerprint density at radius 2 is 1.05 bits per heavy atom. The lowest BCUT2D eigenvalue weighted by atomic mass is 9.80. The Bertz CT molecular complexity index is 2020. The molecule has 0 saturated carbocycles. The van der Waals surface area contributed by atoms with Gasteiger partial charge in [0.05, 0.1) is 0 Å². The second kappa shape index (κ2) is 7.22. The molecule has 0 aliphatic heterocycles. The summed E-state index contributed by atoms with van der Waals surface area (Å²) in [6.07, 6.45) is 0. The van der Waals surface area contributed by atoms with Crippen LogP contribution in [-0.4, -0.2) is 11.6 Å². The molecule has 0 radical (unpaired) electrons. The third-order valence-electron chi connectivity index (χ3n) is 7.89. The first-order valence-electron chi connectivity index (χ1n) is 13.0. The lowest BCUT2D eigenvalue weighted by Crippen LogP contribution is -2.21. The van der Waals surface area contributed by atoms with Gasteiger partial charge < -0.3 is 8.83 Å². The van der Waals surface area contributed by atoms with Crippen molar-refractivity contribution in [1.29, 1.82) is 0 Å². The number of furan rings is 2. The summed E-state index contributed by atoms with van der Waals surface area (Å²) in [5.74, 6) is -1.00. The number of rotatable bonds is 0. The summed E-state index contributed by atoms with van der Waals surface area (Å²) >= 11 is 0. The van der Waals surface area contributed by atoms with Gasteiger partial charge in [-0.2, -0.15) is 0 Å². The predicted octanol–water partition coefficient (Wildman–Crippen LogP) is 9.13. The van der Waals surface area contributed by atoms with Crippen LogP contribution in [0.1, 0.15) is 73.4 Å². The zero-order valence-electron chi connectivity index (χ0n) is 22.4. The van der Waals surface area contributed by atoms with E-state index in [1.54, 1.807) is 12.1 Å². The number of carbonyl (C=O) groups excluding carboxylic acids is 2. The Labute approximate surface area is 220 Å². The van der Waals surface area contributed by atoms with Crippen LogP contribution in [0, 0.1) is 0 Å². The van der Waals surface area contributed by atoms with Gasteiger partial charge >= 0.3 is 0 Å². The molecule has 6 aromatic rings. The van der Waals surface area contributed by atoms with Crippen LogP contribution in [0.15, 0.2) is 69.5 Å². The molecule has 0 unspecified atom stereocenters. The first kappa shape index (κ1) is 23.0. The second-order valence-corrected chi connectivity index (χ2v) is 12.5. The first-order chi connectivity index (χ1) is 18.0. The minimum Gasteiger partial charge on any atom is -0.456 e. The summed E-state index contributed by atoms with van der Waals surface area (Å²) in [5, 5.41) is 3.70. The molecule has 0 N–H and O–H groups in total. The van der Waals surface area contributed by atoms with Crippen molar-refractivity contribution in [3.8, 4) is 11.1 Å². The van der Waals surface area contributed by atoms with Crippen molar-refractivity contribution >= 4 is 55.4 Å². The lowest BCUT2D eigenvalue weighted by molar-refractivity contribution is 0.0815. The minimum absolute atomic E-state index is 0.130. The van der Waals surface area contributed by atoms with E-state index < -0.39 is 11.6 Å². The highest BCUT2D eigenvalue weighted by molar-refractivity contribution is 6.54. The van der Waals surface area contributed by atoms with Crippen molar-refractivity contribution in [2.45, 2.75) is 52.4 Å². The predicted molar refractivity (Wildman–Crippen MR) is 152 cm³/mol. The summed E-state index contributed by atoms with van der Waals surface area (Å²) in [7, 11) is 0. The number of para-hydroxylation sites is 2. The van der Waals surface area contributed by atoms with E-state index in [1.807, 2.05) is 24.3 Å². The quantitative estimate of drug-likeness (QED) is 0.195. The van der Waals surface area contributed by atoms with Crippen LogP contribution < -0.4 is 0 Å². The van der Waals surface area contributed by atoms with E-state index in [0.29, 0.717) is 33.4 Å². The van der Waals surface area contributed by atoms with Gasteiger partial charge in [0.15, 0.2) is 0 Å². The maximum absolute atomic E-state index is 13.4. The number of ketones is 2. The Hall–Kier alpha value is -4.18. The standard InChI is InChI=1S/C34H28O4/c1-33(2,3)22-11-7-9-17-18-13-14-20-27(32(18)38-30(17)22)26-19(28(35)29(20)36)15-16-24-25(26)21-10-8-12-23(31(21)37-24)34(4,5)6/h7-16H,1-6H3. The molecule has 0 amide bonds. The van der Waals surface area contributed by atoms with E-state index in [2.05, 4.69) is 65.8 Å². The summed E-state index contributed by atoms with van der Waals surface area (Å²) in [4.78, 5) is 26.8. The Balaban J connectivity index is 1.69. The van der Waals surface area contributed by atoms with Crippen LogP contribution in [0.4, 0.5) is 0 Å². The van der Waals surface area contributed by atoms with E-state index in [-0.39, 0.29) is 10.8 Å². The molecule has 1 aliphatic carbocycles. The molecule has 0 saturated heterocycles. The molecule has 4 nitrogen and oxygen atoms in total. The van der Waals surface area contributed by atoms with Gasteiger partial charge in [0.2, 0.25) is 11.6 Å². The number of Topliss-reactive ketones (excluding diaryl/α,β-unsaturated/α-hetero) is 2. The fourth-order valence-corrected chi connectivity index (χ4v) is 6.06. The molecule has 4 aromatic carbocycles. The Morgan fingerprint density at radius 1 is 0.526 bits per heavy atom. The molecular formula is C34H28O4. The number of fused-ring (bicyclic) bond motifs is 11. The molecule has 1 aliphatic rings. The van der Waals surface area contributed by atoms with Crippen LogP contribution in [0.5, 0.6) is 0 Å². The van der Waals surface area contributed by atoms with Crippen molar-refractivity contribution < 1.29 is 18.4 Å². The summed E-state index contributed by atoms with van der Waals surface area (Å²) in [6.45, 7) is 13.0. The first-order valence-corrected chi connectivity index (χ1v) is 13.0. The smallest absolute Gasteiger partial charge is 0.234 e. The van der Waals surface area contributed by atoms with Crippen LogP contribution in [0.3, 0.4) is 0 Å². The molecule has 2 aromatic heterocycles. The van der Waals surface area contributed by atoms with E-state index in [4.69, 9.17) is 8.83 Å². The summed E-state index contributed by atoms with van der Waals surface area (Å²) in [6, 6.07) is 19.6. The third kappa shape index (κ3) is 2.92. The van der Waals surface area contributed by atoms with E-state index in [0.717, 1.165) is 43.8 Å². The Morgan fingerprint density at radius 3 is 1.68 bits per heavy atom. The molecule has 0 atom stereocenters. The zero-order chi connectivity index (χ0) is 26.7. The zero-order valence-corrected chi connectivity index (χ0v) is 22.4. The SMILES string of the molecule is CC(C)(C)c1cccc2c1oc1c3c(ccc12)C(=O)C(=O)c1ccc2oc4c(C(C)(C)C)cccc4c2c1-3. The van der Waals surface area contributed by atoms with E-state index in [1.165, 1.54) is 0 Å². The van der Waals surface area contributed by atoms with Crippen molar-refractivity contribution in [2.24, 2.45) is 0 Å². The second-order valence-electron chi connectivity index (χ2n) is 12.5. The van der Waals surface area contributed by atoms with Gasteiger partial charge in [-0.05, 0) is 35.1 Å². The van der Waals surface area contributed by atoms with Crippen LogP contribution in [-0.2, 0) is 10.8 Å². The van der Waals surface area contributed by atoms with Gasteiger partial charge in [-0.25, -0.2) is 0 Å². The van der Waals surface area contributed by atoms with E-state index in [9.17, 15) is 9.59 Å². The number of benzene rings is 4. The largest absolute Gasteiger partial charge is 0.456 e. The maximum Gasteiger partial charge on any atom is 0.234 e. The fraction of sp³-hybridized carbons (Fsp3) is 0.235. The fourth-order valence-electron chi connectivity index (χ4n) is 6.06.